The van der Waals surface area contributed by atoms with Crippen molar-refractivity contribution < 1.29 is 28.6 Å². The number of nitrogens with zero attached hydrogens (tertiary/aromatic N) is 1. The Labute approximate surface area is 156 Å². The molecular weight excluding hydrogens is 350 g/mol. The van der Waals surface area contributed by atoms with E-state index in [1.807, 2.05) is 6.92 Å². The molecule has 0 aliphatic carbocycles. The van der Waals surface area contributed by atoms with Crippen molar-refractivity contribution in [2.45, 2.75) is 13.0 Å². The Morgan fingerprint density at radius 2 is 2.11 bits per heavy atom. The minimum Gasteiger partial charge on any atom is -0.503 e. The lowest BCUT2D eigenvalue weighted by molar-refractivity contribution is -0.130. The second kappa shape index (κ2) is 8.09. The van der Waals surface area contributed by atoms with E-state index in [-0.39, 0.29) is 24.5 Å². The zero-order valence-electron chi connectivity index (χ0n) is 15.2. The molecule has 1 amide bonds. The summed E-state index contributed by atoms with van der Waals surface area (Å²) in [7, 11) is 1.52. The largest absolute Gasteiger partial charge is 0.503 e. The molecule has 2 heterocycles. The summed E-state index contributed by atoms with van der Waals surface area (Å²) in [6.45, 7) is 2.84. The topological polar surface area (TPSA) is 89.2 Å². The van der Waals surface area contributed by atoms with Gasteiger partial charge in [0.25, 0.3) is 5.91 Å². The van der Waals surface area contributed by atoms with Crippen LogP contribution in [0.4, 0.5) is 0 Å². The van der Waals surface area contributed by atoms with Crippen LogP contribution < -0.4 is 4.74 Å². The minimum absolute atomic E-state index is 0.0142. The van der Waals surface area contributed by atoms with E-state index in [1.54, 1.807) is 30.3 Å². The molecule has 2 aromatic rings. The summed E-state index contributed by atoms with van der Waals surface area (Å²) in [5.41, 5.74) is 0.643. The lowest BCUT2D eigenvalue weighted by Gasteiger charge is -2.26. The number of carbonyl (C=O) groups is 2. The Morgan fingerprint density at radius 1 is 1.30 bits per heavy atom. The molecule has 0 saturated carbocycles. The summed E-state index contributed by atoms with van der Waals surface area (Å²) in [5.74, 6) is -1.04. The van der Waals surface area contributed by atoms with Gasteiger partial charge in [-0.25, -0.2) is 0 Å². The molecule has 27 heavy (non-hydrogen) atoms. The third-order valence-electron chi connectivity index (χ3n) is 4.31. The fourth-order valence-electron chi connectivity index (χ4n) is 3.13. The molecular formula is C20H21NO6. The maximum atomic E-state index is 12.9. The number of aliphatic hydroxyl groups is 1. The van der Waals surface area contributed by atoms with Crippen LogP contribution in [0.3, 0.4) is 0 Å². The first kappa shape index (κ1) is 18.7. The summed E-state index contributed by atoms with van der Waals surface area (Å²) in [4.78, 5) is 27.0. The number of furan rings is 1. The van der Waals surface area contributed by atoms with Crippen LogP contribution in [-0.2, 0) is 9.53 Å². The Hall–Kier alpha value is -3.06. The normalized spacial score (nSPS) is 16.9. The highest BCUT2D eigenvalue weighted by atomic mass is 16.5. The van der Waals surface area contributed by atoms with Crippen molar-refractivity contribution in [3.05, 3.63) is 65.3 Å². The first-order valence-electron chi connectivity index (χ1n) is 8.62. The highest BCUT2D eigenvalue weighted by molar-refractivity contribution is 6.15. The predicted octanol–water partition coefficient (Wildman–Crippen LogP) is 2.90. The van der Waals surface area contributed by atoms with Gasteiger partial charge >= 0.3 is 0 Å². The average Bonchev–Trinajstić information content (AvgIpc) is 3.28. The Balaban J connectivity index is 2.06. The molecule has 0 unspecified atom stereocenters. The molecule has 7 heteroatoms. The summed E-state index contributed by atoms with van der Waals surface area (Å²) >= 11 is 0. The molecule has 0 bridgehead atoms. The molecule has 0 spiro atoms. The Bertz CT molecular complexity index is 855. The maximum absolute atomic E-state index is 12.9. The van der Waals surface area contributed by atoms with Gasteiger partial charge in [0.1, 0.15) is 5.75 Å². The van der Waals surface area contributed by atoms with Gasteiger partial charge in [0.15, 0.2) is 11.5 Å². The van der Waals surface area contributed by atoms with E-state index in [0.717, 1.165) is 0 Å². The van der Waals surface area contributed by atoms with Gasteiger partial charge in [-0.15, -0.1) is 0 Å². The minimum atomic E-state index is -0.759. The van der Waals surface area contributed by atoms with Crippen molar-refractivity contribution in [2.75, 3.05) is 26.9 Å². The van der Waals surface area contributed by atoms with Crippen LogP contribution in [0.25, 0.3) is 0 Å². The van der Waals surface area contributed by atoms with Gasteiger partial charge in [-0.3, -0.25) is 9.59 Å². The monoisotopic (exact) mass is 371 g/mol. The quantitative estimate of drug-likeness (QED) is 0.718. The van der Waals surface area contributed by atoms with Crippen molar-refractivity contribution in [1.82, 2.24) is 4.90 Å². The van der Waals surface area contributed by atoms with Crippen LogP contribution >= 0.6 is 0 Å². The average molecular weight is 371 g/mol. The van der Waals surface area contributed by atoms with Crippen LogP contribution in [0, 0.1) is 0 Å². The number of carbonyl (C=O) groups excluding carboxylic acids is 2. The third kappa shape index (κ3) is 3.59. The first-order chi connectivity index (χ1) is 13.1. The van der Waals surface area contributed by atoms with E-state index in [2.05, 4.69) is 0 Å². The van der Waals surface area contributed by atoms with Gasteiger partial charge in [-0.1, -0.05) is 12.1 Å². The zero-order chi connectivity index (χ0) is 19.4. The number of ether oxygens (including phenoxy) is 2. The Morgan fingerprint density at radius 3 is 2.78 bits per heavy atom. The smallest absolute Gasteiger partial charge is 0.290 e. The maximum Gasteiger partial charge on any atom is 0.290 e. The number of benzene rings is 1. The molecule has 7 nitrogen and oxygen atoms in total. The molecule has 142 valence electrons. The number of amides is 1. The summed E-state index contributed by atoms with van der Waals surface area (Å²) in [6, 6.07) is 9.44. The molecule has 1 aliphatic rings. The van der Waals surface area contributed by atoms with Crippen LogP contribution in [0.5, 0.6) is 5.75 Å². The zero-order valence-corrected chi connectivity index (χ0v) is 15.2. The van der Waals surface area contributed by atoms with Gasteiger partial charge in [0.2, 0.25) is 5.78 Å². The van der Waals surface area contributed by atoms with E-state index in [1.165, 1.54) is 24.3 Å². The fourth-order valence-corrected chi connectivity index (χ4v) is 3.13. The van der Waals surface area contributed by atoms with E-state index in [0.29, 0.717) is 17.9 Å². The van der Waals surface area contributed by atoms with Gasteiger partial charge in [-0.05, 0) is 36.8 Å². The number of methoxy groups -OCH3 is 1. The van der Waals surface area contributed by atoms with Gasteiger partial charge in [0, 0.05) is 13.7 Å². The second-order valence-electron chi connectivity index (χ2n) is 5.97. The van der Waals surface area contributed by atoms with Gasteiger partial charge < -0.3 is 23.9 Å². The lowest BCUT2D eigenvalue weighted by atomic mass is 9.95. The van der Waals surface area contributed by atoms with Gasteiger partial charge in [-0.2, -0.15) is 0 Å². The van der Waals surface area contributed by atoms with E-state index < -0.39 is 23.5 Å². The van der Waals surface area contributed by atoms with Crippen molar-refractivity contribution >= 4 is 11.7 Å². The molecule has 1 aromatic heterocycles. The number of hydrogen-bond acceptors (Lipinski definition) is 6. The summed E-state index contributed by atoms with van der Waals surface area (Å²) < 4.78 is 15.8. The molecule has 1 aliphatic heterocycles. The standard InChI is InChI=1S/C20H21NO6/c1-3-26-14-7-4-6-13(12-14)17-16(18(22)15-8-5-10-27-15)19(23)20(24)21(17)9-11-25-2/h4-8,10,12,17,23H,3,9,11H2,1-2H3/t17-/m0/s1. The predicted molar refractivity (Wildman–Crippen MR) is 96.6 cm³/mol. The third-order valence-corrected chi connectivity index (χ3v) is 4.31. The number of rotatable bonds is 8. The highest BCUT2D eigenvalue weighted by Gasteiger charge is 2.44. The summed E-state index contributed by atoms with van der Waals surface area (Å²) in [6.07, 6.45) is 1.37. The number of hydrogen-bond donors (Lipinski definition) is 1. The van der Waals surface area contributed by atoms with E-state index in [4.69, 9.17) is 13.9 Å². The molecule has 1 atom stereocenters. The molecule has 1 N–H and O–H groups in total. The van der Waals surface area contributed by atoms with Crippen molar-refractivity contribution in [3.63, 3.8) is 0 Å². The van der Waals surface area contributed by atoms with E-state index in [9.17, 15) is 14.7 Å². The SMILES string of the molecule is CCOc1cccc([C@H]2C(C(=O)c3ccco3)=C(O)C(=O)N2CCOC)c1. The fraction of sp³-hybridized carbons (Fsp3) is 0.300. The second-order valence-corrected chi connectivity index (χ2v) is 5.97. The molecule has 3 rings (SSSR count). The lowest BCUT2D eigenvalue weighted by Crippen LogP contribution is -2.34. The van der Waals surface area contributed by atoms with Crippen LogP contribution in [0.1, 0.15) is 29.1 Å². The number of Topliss-reactive ketones (excluding diaryl/α,β-unsaturated/α-hetero) is 1. The molecule has 0 saturated heterocycles. The van der Waals surface area contributed by atoms with Crippen LogP contribution in [-0.4, -0.2) is 48.6 Å². The molecule has 1 aromatic carbocycles. The molecule has 0 radical (unpaired) electrons. The van der Waals surface area contributed by atoms with Gasteiger partial charge in [0.05, 0.1) is 31.1 Å². The van der Waals surface area contributed by atoms with Crippen molar-refractivity contribution in [3.8, 4) is 5.75 Å². The van der Waals surface area contributed by atoms with Crippen molar-refractivity contribution in [1.29, 1.82) is 0 Å². The Kier molecular flexibility index (Phi) is 5.61. The van der Waals surface area contributed by atoms with Crippen LogP contribution in [0.15, 0.2) is 58.4 Å². The highest BCUT2D eigenvalue weighted by Crippen LogP contribution is 2.39. The molecule has 0 fully saturated rings. The number of ketones is 1. The summed E-state index contributed by atoms with van der Waals surface area (Å²) in [5, 5.41) is 10.5. The van der Waals surface area contributed by atoms with Crippen LogP contribution in [0.2, 0.25) is 0 Å². The van der Waals surface area contributed by atoms with E-state index >= 15 is 0 Å². The van der Waals surface area contributed by atoms with Crippen molar-refractivity contribution in [2.24, 2.45) is 0 Å². The first-order valence-corrected chi connectivity index (χ1v) is 8.62. The number of aliphatic hydroxyl groups excluding tert-OH is 1.